The third-order valence-electron chi connectivity index (χ3n) is 6.92. The second kappa shape index (κ2) is 9.29. The molecule has 1 atom stereocenters. The maximum atomic E-state index is 14.9. The predicted molar refractivity (Wildman–Crippen MR) is 133 cm³/mol. The van der Waals surface area contributed by atoms with Crippen molar-refractivity contribution in [3.63, 3.8) is 0 Å². The lowest BCUT2D eigenvalue weighted by Gasteiger charge is -2.38. The zero-order valence-corrected chi connectivity index (χ0v) is 20.0. The maximum Gasteiger partial charge on any atom is 0.338 e. The van der Waals surface area contributed by atoms with E-state index in [4.69, 9.17) is 10.1 Å². The Bertz CT molecular complexity index is 1430. The molecular weight excluding hydrogens is 463 g/mol. The van der Waals surface area contributed by atoms with Gasteiger partial charge in [0.2, 0.25) is 0 Å². The van der Waals surface area contributed by atoms with Gasteiger partial charge < -0.3 is 20.4 Å². The summed E-state index contributed by atoms with van der Waals surface area (Å²) in [7, 11) is 2.09. The number of hydrogen-bond donors (Lipinski definition) is 3. The van der Waals surface area contributed by atoms with E-state index in [-0.39, 0.29) is 17.2 Å². The number of carboxylic acids is 1. The average Bonchev–Trinajstić information content (AvgIpc) is 3.36. The van der Waals surface area contributed by atoms with Gasteiger partial charge in [0.1, 0.15) is 17.2 Å². The number of anilines is 2. The number of carbonyl (C=O) groups is 1. The van der Waals surface area contributed by atoms with Gasteiger partial charge in [0.15, 0.2) is 0 Å². The van der Waals surface area contributed by atoms with Crippen LogP contribution in [0.3, 0.4) is 0 Å². The molecule has 36 heavy (non-hydrogen) atoms. The van der Waals surface area contributed by atoms with Crippen molar-refractivity contribution in [3.8, 4) is 5.69 Å². The molecule has 4 heterocycles. The van der Waals surface area contributed by atoms with Crippen LogP contribution >= 0.6 is 0 Å². The van der Waals surface area contributed by atoms with Gasteiger partial charge in [0.25, 0.3) is 0 Å². The van der Waals surface area contributed by atoms with Crippen LogP contribution in [-0.2, 0) is 5.60 Å². The van der Waals surface area contributed by atoms with Crippen molar-refractivity contribution in [2.24, 2.45) is 5.92 Å². The number of pyridine rings is 2. The maximum absolute atomic E-state index is 14.9. The van der Waals surface area contributed by atoms with E-state index in [2.05, 4.69) is 27.3 Å². The molecule has 1 aliphatic rings. The molecule has 9 nitrogen and oxygen atoms in total. The van der Waals surface area contributed by atoms with Gasteiger partial charge in [-0.05, 0) is 70.1 Å². The van der Waals surface area contributed by atoms with E-state index in [9.17, 15) is 14.3 Å². The van der Waals surface area contributed by atoms with Gasteiger partial charge in [0, 0.05) is 29.9 Å². The van der Waals surface area contributed by atoms with Crippen LogP contribution in [-0.4, -0.2) is 61.0 Å². The van der Waals surface area contributed by atoms with Gasteiger partial charge in [-0.3, -0.25) is 0 Å². The quantitative estimate of drug-likeness (QED) is 0.372. The topological polar surface area (TPSA) is 116 Å². The van der Waals surface area contributed by atoms with Crippen LogP contribution in [0.25, 0.3) is 16.6 Å². The number of halogens is 1. The molecule has 1 fully saturated rings. The second-order valence-corrected chi connectivity index (χ2v) is 9.45. The molecule has 10 heteroatoms. The number of aromatic nitrogens is 4. The van der Waals surface area contributed by atoms with E-state index in [1.54, 1.807) is 18.3 Å². The van der Waals surface area contributed by atoms with E-state index in [0.717, 1.165) is 31.3 Å². The molecule has 0 spiro atoms. The summed E-state index contributed by atoms with van der Waals surface area (Å²) in [6.45, 7) is 3.71. The Morgan fingerprint density at radius 3 is 2.64 bits per heavy atom. The van der Waals surface area contributed by atoms with Gasteiger partial charge in [-0.15, -0.1) is 0 Å². The lowest BCUT2D eigenvalue weighted by Crippen LogP contribution is -2.41. The van der Waals surface area contributed by atoms with Crippen molar-refractivity contribution >= 4 is 28.4 Å². The highest BCUT2D eigenvalue weighted by atomic mass is 19.1. The fourth-order valence-corrected chi connectivity index (χ4v) is 4.61. The molecular formula is C26H27FN6O3. The number of piperidine rings is 1. The van der Waals surface area contributed by atoms with Crippen LogP contribution in [0.1, 0.15) is 35.8 Å². The first-order valence-corrected chi connectivity index (χ1v) is 11.7. The molecule has 1 aliphatic heterocycles. The summed E-state index contributed by atoms with van der Waals surface area (Å²) in [5, 5.41) is 28.2. The first-order chi connectivity index (χ1) is 17.2. The summed E-state index contributed by atoms with van der Waals surface area (Å²) >= 11 is 0. The summed E-state index contributed by atoms with van der Waals surface area (Å²) in [5.74, 6) is -1.13. The fraction of sp³-hybridized carbons (Fsp3) is 0.308. The monoisotopic (exact) mass is 490 g/mol. The molecule has 0 bridgehead atoms. The third-order valence-corrected chi connectivity index (χ3v) is 6.92. The Hall–Kier alpha value is -3.89. The summed E-state index contributed by atoms with van der Waals surface area (Å²) in [5.41, 5.74) is 0.802. The van der Waals surface area contributed by atoms with Gasteiger partial charge in [-0.25, -0.2) is 23.8 Å². The second-order valence-electron chi connectivity index (χ2n) is 9.45. The first-order valence-electron chi connectivity index (χ1n) is 11.7. The fourth-order valence-electron chi connectivity index (χ4n) is 4.61. The minimum absolute atomic E-state index is 0.0136. The van der Waals surface area contributed by atoms with E-state index in [1.807, 2.05) is 19.1 Å². The third kappa shape index (κ3) is 4.65. The molecule has 1 unspecified atom stereocenters. The molecule has 0 radical (unpaired) electrons. The minimum Gasteiger partial charge on any atom is -0.478 e. The number of likely N-dealkylation sites (tertiary alicyclic amines) is 1. The van der Waals surface area contributed by atoms with E-state index >= 15 is 0 Å². The van der Waals surface area contributed by atoms with Gasteiger partial charge in [-0.2, -0.15) is 5.10 Å². The summed E-state index contributed by atoms with van der Waals surface area (Å²) in [6, 6.07) is 9.88. The van der Waals surface area contributed by atoms with Crippen molar-refractivity contribution in [1.29, 1.82) is 0 Å². The van der Waals surface area contributed by atoms with Crippen molar-refractivity contribution in [1.82, 2.24) is 24.6 Å². The molecule has 3 aromatic heterocycles. The Morgan fingerprint density at radius 2 is 1.94 bits per heavy atom. The number of nitrogens with zero attached hydrogens (tertiary/aromatic N) is 5. The highest BCUT2D eigenvalue weighted by molar-refractivity contribution is 5.87. The first kappa shape index (κ1) is 23.8. The molecule has 3 N–H and O–H groups in total. The number of aromatic carboxylic acids is 1. The van der Waals surface area contributed by atoms with Crippen LogP contribution < -0.4 is 5.32 Å². The van der Waals surface area contributed by atoms with Crippen molar-refractivity contribution < 1.29 is 19.4 Å². The highest BCUT2D eigenvalue weighted by Crippen LogP contribution is 2.36. The molecule has 0 saturated carbocycles. The number of hydrogen-bond acceptors (Lipinski definition) is 7. The Balaban J connectivity index is 1.38. The lowest BCUT2D eigenvalue weighted by molar-refractivity contribution is -0.0334. The largest absolute Gasteiger partial charge is 0.478 e. The van der Waals surface area contributed by atoms with Crippen LogP contribution in [0, 0.1) is 11.7 Å². The number of nitrogens with one attached hydrogen (secondary N) is 1. The number of aliphatic hydroxyl groups is 1. The summed E-state index contributed by atoms with van der Waals surface area (Å²) in [4.78, 5) is 22.4. The number of rotatable bonds is 6. The Labute approximate surface area is 207 Å². The van der Waals surface area contributed by atoms with Crippen LogP contribution in [0.2, 0.25) is 0 Å². The summed E-state index contributed by atoms with van der Waals surface area (Å²) in [6.07, 6.45) is 5.98. The molecule has 5 rings (SSSR count). The molecule has 1 aromatic carbocycles. The van der Waals surface area contributed by atoms with Gasteiger partial charge in [0.05, 0.1) is 34.3 Å². The molecule has 4 aromatic rings. The predicted octanol–water partition coefficient (Wildman–Crippen LogP) is 3.95. The molecule has 0 aliphatic carbocycles. The number of carboxylic acid groups (broad SMARTS) is 1. The molecule has 186 valence electrons. The normalized spacial score (nSPS) is 16.7. The van der Waals surface area contributed by atoms with Crippen LogP contribution in [0.5, 0.6) is 0 Å². The van der Waals surface area contributed by atoms with E-state index in [1.165, 1.54) is 29.2 Å². The highest BCUT2D eigenvalue weighted by Gasteiger charge is 2.36. The average molecular weight is 491 g/mol. The van der Waals surface area contributed by atoms with E-state index < -0.39 is 17.4 Å². The lowest BCUT2D eigenvalue weighted by atomic mass is 9.79. The molecule has 1 saturated heterocycles. The summed E-state index contributed by atoms with van der Waals surface area (Å²) < 4.78 is 16.2. The van der Waals surface area contributed by atoms with Crippen molar-refractivity contribution in [3.05, 3.63) is 72.1 Å². The SMILES string of the molecule is CN1CCC(C(C)(O)c2ccc3cnc(Nc4ccc(-n5cc(C(=O)O)cn5)cc4F)cc3n2)CC1. The minimum atomic E-state index is -1.10. The van der Waals surface area contributed by atoms with Gasteiger partial charge >= 0.3 is 5.97 Å². The van der Waals surface area contributed by atoms with Crippen LogP contribution in [0.15, 0.2) is 55.0 Å². The number of fused-ring (bicyclic) bond motifs is 1. The Morgan fingerprint density at radius 1 is 1.17 bits per heavy atom. The molecule has 0 amide bonds. The zero-order chi connectivity index (χ0) is 25.4. The zero-order valence-electron chi connectivity index (χ0n) is 20.0. The smallest absolute Gasteiger partial charge is 0.338 e. The van der Waals surface area contributed by atoms with E-state index in [0.29, 0.717) is 22.7 Å². The van der Waals surface area contributed by atoms with Crippen molar-refractivity contribution in [2.75, 3.05) is 25.5 Å². The van der Waals surface area contributed by atoms with Crippen molar-refractivity contribution in [2.45, 2.75) is 25.4 Å². The van der Waals surface area contributed by atoms with Gasteiger partial charge in [-0.1, -0.05) is 0 Å². The standard InChI is InChI=1S/C26H27FN6O3/c1-26(36,18-7-9-32(2)10-8-18)23-6-3-16-13-28-24(12-22(16)30-23)31-21-5-4-19(11-20(21)27)33-15-17(14-29-33)25(34)35/h3-6,11-15,18,36H,7-10H2,1-2H3,(H,28,31)(H,34,35). The Kier molecular flexibility index (Phi) is 6.15. The number of benzene rings is 1. The van der Waals surface area contributed by atoms with Crippen LogP contribution in [0.4, 0.5) is 15.9 Å².